The molecule has 0 aromatic heterocycles. The molecule has 18 heavy (non-hydrogen) atoms. The third kappa shape index (κ3) is 2.40. The Hall–Kier alpha value is -1.00. The maximum absolute atomic E-state index is 4.73. The van der Waals surface area contributed by atoms with Crippen LogP contribution in [-0.4, -0.2) is 36.2 Å². The summed E-state index contributed by atoms with van der Waals surface area (Å²) in [6.07, 6.45) is 2.44. The van der Waals surface area contributed by atoms with Crippen LogP contribution in [-0.2, 0) is 6.54 Å². The predicted molar refractivity (Wildman–Crippen MR) is 77.1 cm³/mol. The van der Waals surface area contributed by atoms with E-state index < -0.39 is 0 Å². The maximum atomic E-state index is 4.73. The highest BCUT2D eigenvalue weighted by Crippen LogP contribution is 2.31. The van der Waals surface area contributed by atoms with Crippen molar-refractivity contribution in [2.75, 3.05) is 20.1 Å². The Kier molecular flexibility index (Phi) is 3.57. The van der Waals surface area contributed by atoms with Gasteiger partial charge in [-0.3, -0.25) is 4.99 Å². The number of thioether (sulfide) groups is 1. The molecule has 0 spiro atoms. The van der Waals surface area contributed by atoms with Crippen LogP contribution in [0.3, 0.4) is 0 Å². The lowest BCUT2D eigenvalue weighted by molar-refractivity contribution is 0.292. The van der Waals surface area contributed by atoms with Crippen molar-refractivity contribution in [3.05, 3.63) is 29.8 Å². The number of aliphatic imine (C=N–C) groups is 1. The number of hydrogen-bond acceptors (Lipinski definition) is 4. The molecule has 3 nitrogen and oxygen atoms in total. The third-order valence-corrected chi connectivity index (χ3v) is 4.93. The second-order valence-electron chi connectivity index (χ2n) is 4.90. The molecule has 3 rings (SSSR count). The molecule has 2 heterocycles. The lowest BCUT2D eigenvalue weighted by atomic mass is 10.1. The molecule has 1 saturated heterocycles. The van der Waals surface area contributed by atoms with Crippen molar-refractivity contribution in [2.45, 2.75) is 30.3 Å². The molecule has 0 atom stereocenters. The van der Waals surface area contributed by atoms with Gasteiger partial charge in [-0.15, -0.1) is 0 Å². The Balaban J connectivity index is 1.72. The topological polar surface area (TPSA) is 27.6 Å². The fraction of sp³-hybridized carbons (Fsp3) is 0.500. The van der Waals surface area contributed by atoms with E-state index in [-0.39, 0.29) is 0 Å². The van der Waals surface area contributed by atoms with E-state index in [0.29, 0.717) is 6.04 Å². The van der Waals surface area contributed by atoms with E-state index in [0.717, 1.165) is 19.6 Å². The van der Waals surface area contributed by atoms with Gasteiger partial charge >= 0.3 is 0 Å². The van der Waals surface area contributed by atoms with Gasteiger partial charge in [0.2, 0.25) is 0 Å². The lowest BCUT2D eigenvalue weighted by Gasteiger charge is -2.34. The van der Waals surface area contributed by atoms with Crippen molar-refractivity contribution in [2.24, 2.45) is 4.99 Å². The average molecular weight is 261 g/mol. The quantitative estimate of drug-likeness (QED) is 0.841. The first-order valence-electron chi connectivity index (χ1n) is 6.58. The van der Waals surface area contributed by atoms with Crippen LogP contribution in [0.5, 0.6) is 0 Å². The number of hydrogen-bond donors (Lipinski definition) is 1. The van der Waals surface area contributed by atoms with Gasteiger partial charge in [0.25, 0.3) is 0 Å². The average Bonchev–Trinajstić information content (AvgIpc) is 2.47. The molecule has 1 aromatic rings. The zero-order chi connectivity index (χ0) is 12.4. The molecule has 0 unspecified atom stereocenters. The first-order chi connectivity index (χ1) is 8.84. The number of nitrogens with zero attached hydrogens (tertiary/aromatic N) is 2. The highest BCUT2D eigenvalue weighted by atomic mass is 32.2. The Morgan fingerprint density at radius 1 is 1.28 bits per heavy atom. The molecule has 1 aromatic carbocycles. The predicted octanol–water partition coefficient (Wildman–Crippen LogP) is 2.33. The fourth-order valence-electron chi connectivity index (χ4n) is 2.55. The van der Waals surface area contributed by atoms with Gasteiger partial charge in [0.1, 0.15) is 0 Å². The van der Waals surface area contributed by atoms with Crippen LogP contribution in [0.25, 0.3) is 0 Å². The van der Waals surface area contributed by atoms with Crippen molar-refractivity contribution in [3.8, 4) is 0 Å². The number of fused-ring (bicyclic) bond motifs is 1. The van der Waals surface area contributed by atoms with Gasteiger partial charge in [-0.2, -0.15) is 0 Å². The fourth-order valence-corrected chi connectivity index (χ4v) is 3.58. The summed E-state index contributed by atoms with van der Waals surface area (Å²) in [6, 6.07) is 9.22. The number of benzene rings is 1. The first kappa shape index (κ1) is 12.1. The van der Waals surface area contributed by atoms with Crippen LogP contribution in [0, 0.1) is 0 Å². The Morgan fingerprint density at radius 3 is 2.89 bits per heavy atom. The molecule has 96 valence electrons. The summed E-state index contributed by atoms with van der Waals surface area (Å²) in [5.74, 6) is 0. The van der Waals surface area contributed by atoms with Crippen molar-refractivity contribution in [3.63, 3.8) is 0 Å². The van der Waals surface area contributed by atoms with Crippen molar-refractivity contribution in [1.82, 2.24) is 10.2 Å². The van der Waals surface area contributed by atoms with Crippen molar-refractivity contribution >= 4 is 16.9 Å². The van der Waals surface area contributed by atoms with Gasteiger partial charge in [-0.25, -0.2) is 0 Å². The zero-order valence-corrected chi connectivity index (χ0v) is 11.5. The Bertz CT molecular complexity index is 452. The van der Waals surface area contributed by atoms with Crippen LogP contribution in [0.4, 0.5) is 0 Å². The third-order valence-electron chi connectivity index (χ3n) is 3.72. The van der Waals surface area contributed by atoms with E-state index in [4.69, 9.17) is 4.99 Å². The van der Waals surface area contributed by atoms with Gasteiger partial charge in [-0.1, -0.05) is 30.0 Å². The van der Waals surface area contributed by atoms with E-state index in [9.17, 15) is 0 Å². The van der Waals surface area contributed by atoms with Gasteiger partial charge in [0, 0.05) is 18.0 Å². The number of nitrogens with one attached hydrogen (secondary N) is 1. The minimum Gasteiger partial charge on any atom is -0.351 e. The standard InChI is InChI=1S/C14H19N3S/c1-17(12-6-8-15-9-7-12)14-16-10-11-4-2-3-5-13(11)18-14/h2-5,12,15H,6-10H2,1H3. The molecule has 0 saturated carbocycles. The molecule has 0 amide bonds. The lowest BCUT2D eigenvalue weighted by Crippen LogP contribution is -2.43. The first-order valence-corrected chi connectivity index (χ1v) is 7.40. The molecule has 1 N–H and O–H groups in total. The molecule has 4 heteroatoms. The number of rotatable bonds is 1. The van der Waals surface area contributed by atoms with Crippen LogP contribution >= 0.6 is 11.8 Å². The molecule has 1 fully saturated rings. The van der Waals surface area contributed by atoms with E-state index in [1.807, 2.05) is 11.8 Å². The molecular formula is C14H19N3S. The smallest absolute Gasteiger partial charge is 0.164 e. The second kappa shape index (κ2) is 5.33. The van der Waals surface area contributed by atoms with Gasteiger partial charge in [0.05, 0.1) is 6.54 Å². The normalized spacial score (nSPS) is 20.2. The van der Waals surface area contributed by atoms with Gasteiger partial charge in [-0.05, 0) is 37.6 Å². The van der Waals surface area contributed by atoms with E-state index in [1.165, 1.54) is 28.5 Å². The van der Waals surface area contributed by atoms with E-state index >= 15 is 0 Å². The summed E-state index contributed by atoms with van der Waals surface area (Å²) in [5.41, 5.74) is 1.35. The highest BCUT2D eigenvalue weighted by Gasteiger charge is 2.23. The van der Waals surface area contributed by atoms with E-state index in [1.54, 1.807) is 0 Å². The van der Waals surface area contributed by atoms with Gasteiger partial charge < -0.3 is 10.2 Å². The molecule has 2 aliphatic heterocycles. The van der Waals surface area contributed by atoms with Crippen LogP contribution in [0.1, 0.15) is 18.4 Å². The summed E-state index contributed by atoms with van der Waals surface area (Å²) in [4.78, 5) is 8.47. The summed E-state index contributed by atoms with van der Waals surface area (Å²) in [6.45, 7) is 3.08. The van der Waals surface area contributed by atoms with Crippen molar-refractivity contribution < 1.29 is 0 Å². The molecule has 0 radical (unpaired) electrons. The van der Waals surface area contributed by atoms with E-state index in [2.05, 4.69) is 41.5 Å². The molecule has 0 aliphatic carbocycles. The molecule has 0 bridgehead atoms. The van der Waals surface area contributed by atoms with Crippen LogP contribution < -0.4 is 5.32 Å². The summed E-state index contributed by atoms with van der Waals surface area (Å²) >= 11 is 1.81. The number of amidine groups is 1. The molecule has 2 aliphatic rings. The maximum Gasteiger partial charge on any atom is 0.164 e. The Morgan fingerprint density at radius 2 is 2.06 bits per heavy atom. The number of piperidine rings is 1. The SMILES string of the molecule is CN(C1=NCc2ccccc2S1)C1CCNCC1. The van der Waals surface area contributed by atoms with Gasteiger partial charge in [0.15, 0.2) is 5.17 Å². The minimum absolute atomic E-state index is 0.641. The minimum atomic E-state index is 0.641. The molecular weight excluding hydrogens is 242 g/mol. The summed E-state index contributed by atoms with van der Waals surface area (Å²) in [5, 5.41) is 4.60. The second-order valence-corrected chi connectivity index (χ2v) is 5.91. The van der Waals surface area contributed by atoms with Crippen LogP contribution in [0.15, 0.2) is 34.2 Å². The zero-order valence-electron chi connectivity index (χ0n) is 10.7. The highest BCUT2D eigenvalue weighted by molar-refractivity contribution is 8.13. The largest absolute Gasteiger partial charge is 0.351 e. The van der Waals surface area contributed by atoms with Crippen LogP contribution in [0.2, 0.25) is 0 Å². The monoisotopic (exact) mass is 261 g/mol. The Labute approximate surface area is 113 Å². The summed E-state index contributed by atoms with van der Waals surface area (Å²) < 4.78 is 0. The van der Waals surface area contributed by atoms with Crippen molar-refractivity contribution in [1.29, 1.82) is 0 Å². The summed E-state index contributed by atoms with van der Waals surface area (Å²) in [7, 11) is 2.19.